The minimum absolute atomic E-state index is 0.322. The van der Waals surface area contributed by atoms with Crippen molar-refractivity contribution >= 4 is 33.4 Å². The molecule has 20 heavy (non-hydrogen) atoms. The second-order valence-electron chi connectivity index (χ2n) is 3.91. The van der Waals surface area contributed by atoms with E-state index in [-0.39, 0.29) is 5.88 Å². The number of ether oxygens (including phenoxy) is 1. The first kappa shape index (κ1) is 14.9. The Balaban J connectivity index is 2.27. The number of nitrogens with zero attached hydrogens (tertiary/aromatic N) is 1. The third kappa shape index (κ3) is 3.13. The lowest BCUT2D eigenvalue weighted by atomic mass is 10.1. The molecule has 0 N–H and O–H groups in total. The van der Waals surface area contributed by atoms with Crippen LogP contribution >= 0.6 is 27.5 Å². The summed E-state index contributed by atoms with van der Waals surface area (Å²) in [6.07, 6.45) is 0. The van der Waals surface area contributed by atoms with Crippen LogP contribution in [0.4, 0.5) is 5.88 Å². The summed E-state index contributed by atoms with van der Waals surface area (Å²) in [5, 5.41) is 9.98. The van der Waals surface area contributed by atoms with Gasteiger partial charge in [0.1, 0.15) is 21.8 Å². The number of hydrogen-bond donors (Lipinski definition) is 0. The number of rotatable bonds is 5. The van der Waals surface area contributed by atoms with Crippen LogP contribution in [0.3, 0.4) is 0 Å². The van der Waals surface area contributed by atoms with Crippen LogP contribution in [-0.2, 0) is 0 Å². The molecular weight excluding hydrogens is 350 g/mol. The van der Waals surface area contributed by atoms with E-state index in [2.05, 4.69) is 15.9 Å². The van der Waals surface area contributed by atoms with Crippen LogP contribution in [0.25, 0.3) is 0 Å². The lowest BCUT2D eigenvalue weighted by Crippen LogP contribution is -1.96. The quantitative estimate of drug-likeness (QED) is 0.441. The molecule has 0 aliphatic carbocycles. The predicted octanol–water partition coefficient (Wildman–Crippen LogP) is 4.68. The molecule has 0 aliphatic heterocycles. The Bertz CT molecular complexity index is 629. The van der Waals surface area contributed by atoms with E-state index in [0.717, 1.165) is 15.8 Å². The number of halogens is 2. The average molecular weight is 361 g/mol. The maximum absolute atomic E-state index is 10.6. The molecule has 5 nitrogen and oxygen atoms in total. The smallest absolute Gasteiger partial charge is 0.433 e. The minimum atomic E-state index is -0.617. The van der Waals surface area contributed by atoms with Gasteiger partial charge in [0.15, 0.2) is 0 Å². The van der Waals surface area contributed by atoms with E-state index >= 15 is 0 Å². The first-order valence-corrected chi connectivity index (χ1v) is 7.06. The molecule has 0 saturated carbocycles. The number of nitro groups is 1. The van der Waals surface area contributed by atoms with Crippen LogP contribution in [0.2, 0.25) is 0 Å². The van der Waals surface area contributed by atoms with E-state index in [9.17, 15) is 10.1 Å². The highest BCUT2D eigenvalue weighted by Crippen LogP contribution is 2.37. The van der Waals surface area contributed by atoms with Crippen LogP contribution < -0.4 is 4.74 Å². The Hall–Kier alpha value is -1.53. The van der Waals surface area contributed by atoms with Crippen molar-refractivity contribution in [3.05, 3.63) is 56.2 Å². The van der Waals surface area contributed by atoms with Gasteiger partial charge in [0.05, 0.1) is 12.7 Å². The summed E-state index contributed by atoms with van der Waals surface area (Å²) in [5.41, 5.74) is 0.749. The number of alkyl halides is 1. The largest absolute Gasteiger partial charge is 0.494 e. The Morgan fingerprint density at radius 1 is 1.45 bits per heavy atom. The van der Waals surface area contributed by atoms with Crippen LogP contribution in [0, 0.1) is 10.1 Å². The van der Waals surface area contributed by atoms with Crippen LogP contribution in [0.5, 0.6) is 5.75 Å². The summed E-state index contributed by atoms with van der Waals surface area (Å²) in [6.45, 7) is 2.47. The van der Waals surface area contributed by atoms with E-state index in [0.29, 0.717) is 12.4 Å². The van der Waals surface area contributed by atoms with E-state index in [1.165, 1.54) is 12.1 Å². The van der Waals surface area contributed by atoms with Crippen molar-refractivity contribution in [2.45, 2.75) is 12.3 Å². The van der Waals surface area contributed by atoms with Gasteiger partial charge in [-0.2, -0.15) is 0 Å². The Labute approximate surface area is 128 Å². The summed E-state index contributed by atoms with van der Waals surface area (Å²) < 4.78 is 11.2. The maximum Gasteiger partial charge on any atom is 0.433 e. The van der Waals surface area contributed by atoms with Crippen LogP contribution in [0.15, 0.2) is 39.2 Å². The van der Waals surface area contributed by atoms with E-state index in [1.54, 1.807) is 18.2 Å². The van der Waals surface area contributed by atoms with Gasteiger partial charge >= 0.3 is 5.88 Å². The summed E-state index contributed by atoms with van der Waals surface area (Å²) in [4.78, 5) is 10.0. The van der Waals surface area contributed by atoms with E-state index in [1.807, 2.05) is 6.92 Å². The fourth-order valence-corrected chi connectivity index (χ4v) is 2.73. The fraction of sp³-hybridized carbons (Fsp3) is 0.231. The molecule has 7 heteroatoms. The first-order valence-electron chi connectivity index (χ1n) is 5.83. The predicted molar refractivity (Wildman–Crippen MR) is 78.4 cm³/mol. The summed E-state index contributed by atoms with van der Waals surface area (Å²) in [5.74, 6) is 0.716. The molecule has 0 bridgehead atoms. The second kappa shape index (κ2) is 6.28. The molecule has 0 aliphatic rings. The van der Waals surface area contributed by atoms with Gasteiger partial charge in [-0.25, -0.2) is 0 Å². The fourth-order valence-electron chi connectivity index (χ4n) is 1.70. The molecule has 1 aromatic heterocycles. The Morgan fingerprint density at radius 2 is 2.20 bits per heavy atom. The molecular formula is C13H11BrClNO4. The van der Waals surface area contributed by atoms with Gasteiger partial charge in [0.25, 0.3) is 0 Å². The molecule has 2 aromatic rings. The minimum Gasteiger partial charge on any atom is -0.494 e. The van der Waals surface area contributed by atoms with E-state index < -0.39 is 10.3 Å². The molecule has 106 valence electrons. The SMILES string of the molecule is CCOc1ccc(C(Cl)c2ccc([N+](=O)[O-])o2)c(Br)c1. The van der Waals surface area contributed by atoms with Gasteiger partial charge < -0.3 is 9.15 Å². The zero-order chi connectivity index (χ0) is 14.7. The van der Waals surface area contributed by atoms with Crippen molar-refractivity contribution in [1.29, 1.82) is 0 Å². The molecule has 1 unspecified atom stereocenters. The first-order chi connectivity index (χ1) is 9.52. The molecule has 0 saturated heterocycles. The number of hydrogen-bond acceptors (Lipinski definition) is 4. The lowest BCUT2D eigenvalue weighted by molar-refractivity contribution is -0.402. The highest BCUT2D eigenvalue weighted by Gasteiger charge is 2.21. The van der Waals surface area contributed by atoms with Crippen molar-refractivity contribution in [2.24, 2.45) is 0 Å². The molecule has 0 fully saturated rings. The van der Waals surface area contributed by atoms with Gasteiger partial charge in [-0.15, -0.1) is 11.6 Å². The Kier molecular flexibility index (Phi) is 4.67. The monoisotopic (exact) mass is 359 g/mol. The van der Waals surface area contributed by atoms with E-state index in [4.69, 9.17) is 20.8 Å². The highest BCUT2D eigenvalue weighted by molar-refractivity contribution is 9.10. The second-order valence-corrected chi connectivity index (χ2v) is 5.20. The molecule has 2 rings (SSSR count). The van der Waals surface area contributed by atoms with Crippen molar-refractivity contribution < 1.29 is 14.1 Å². The molecule has 0 amide bonds. The molecule has 0 spiro atoms. The summed E-state index contributed by atoms with van der Waals surface area (Å²) >= 11 is 9.71. The maximum atomic E-state index is 10.6. The van der Waals surface area contributed by atoms with Gasteiger partial charge in [-0.1, -0.05) is 22.0 Å². The van der Waals surface area contributed by atoms with Gasteiger partial charge in [-0.05, 0) is 30.7 Å². The zero-order valence-corrected chi connectivity index (χ0v) is 12.8. The number of furan rings is 1. The summed E-state index contributed by atoms with van der Waals surface area (Å²) in [7, 11) is 0. The molecule has 1 heterocycles. The summed E-state index contributed by atoms with van der Waals surface area (Å²) in [6, 6.07) is 8.16. The molecule has 0 radical (unpaired) electrons. The number of benzene rings is 1. The van der Waals surface area contributed by atoms with Gasteiger partial charge in [-0.3, -0.25) is 10.1 Å². The zero-order valence-electron chi connectivity index (χ0n) is 10.5. The van der Waals surface area contributed by atoms with Crippen molar-refractivity contribution in [2.75, 3.05) is 6.61 Å². The molecule has 1 aromatic carbocycles. The third-order valence-electron chi connectivity index (χ3n) is 2.60. The normalized spacial score (nSPS) is 12.2. The average Bonchev–Trinajstić information content (AvgIpc) is 2.88. The topological polar surface area (TPSA) is 65.5 Å². The molecule has 1 atom stereocenters. The standard InChI is InChI=1S/C13H11BrClNO4/c1-2-19-8-3-4-9(10(14)7-8)13(15)11-5-6-12(20-11)16(17)18/h3-7,13H,2H2,1H3. The van der Waals surface area contributed by atoms with Crippen LogP contribution in [0.1, 0.15) is 23.6 Å². The van der Waals surface area contributed by atoms with Gasteiger partial charge in [0.2, 0.25) is 0 Å². The van der Waals surface area contributed by atoms with Crippen molar-refractivity contribution in [1.82, 2.24) is 0 Å². The van der Waals surface area contributed by atoms with Gasteiger partial charge in [0, 0.05) is 4.47 Å². The lowest BCUT2D eigenvalue weighted by Gasteiger charge is -2.11. The van der Waals surface area contributed by atoms with Crippen molar-refractivity contribution in [3.8, 4) is 5.75 Å². The third-order valence-corrected chi connectivity index (χ3v) is 3.74. The van der Waals surface area contributed by atoms with Crippen LogP contribution in [-0.4, -0.2) is 11.5 Å². The Morgan fingerprint density at radius 3 is 2.75 bits per heavy atom. The van der Waals surface area contributed by atoms with Crippen molar-refractivity contribution in [3.63, 3.8) is 0 Å². The highest BCUT2D eigenvalue weighted by atomic mass is 79.9.